The van der Waals surface area contributed by atoms with Gasteiger partial charge < -0.3 is 19.5 Å². The molecule has 1 N–H and O–H groups in total. The van der Waals surface area contributed by atoms with E-state index in [1.165, 1.54) is 5.56 Å². The number of phenolic OH excluding ortho intramolecular Hbond substituents is 1. The van der Waals surface area contributed by atoms with Crippen LogP contribution in [0.15, 0.2) is 79.4 Å². The number of ether oxygens (including phenoxy) is 2. The lowest BCUT2D eigenvalue weighted by Gasteiger charge is -2.36. The van der Waals surface area contributed by atoms with Crippen LogP contribution in [0.2, 0.25) is 0 Å². The van der Waals surface area contributed by atoms with Gasteiger partial charge in [-0.2, -0.15) is 0 Å². The molecule has 4 rings (SSSR count). The predicted molar refractivity (Wildman–Crippen MR) is 144 cm³/mol. The maximum absolute atomic E-state index is 12.0. The number of phenols is 1. The van der Waals surface area contributed by atoms with Crippen LogP contribution in [0.3, 0.4) is 0 Å². The van der Waals surface area contributed by atoms with Crippen LogP contribution >= 0.6 is 0 Å². The molecular formula is C30H34N2O4. The van der Waals surface area contributed by atoms with Crippen molar-refractivity contribution in [3.05, 3.63) is 90.5 Å². The minimum atomic E-state index is -0.333. The largest absolute Gasteiger partial charge is 0.508 e. The highest BCUT2D eigenvalue weighted by Gasteiger charge is 2.19. The minimum Gasteiger partial charge on any atom is -0.508 e. The number of benzene rings is 3. The van der Waals surface area contributed by atoms with Gasteiger partial charge in [0, 0.05) is 38.4 Å². The van der Waals surface area contributed by atoms with Gasteiger partial charge in [0.05, 0.1) is 11.7 Å². The molecule has 1 heterocycles. The maximum atomic E-state index is 12.0. The molecule has 0 amide bonds. The van der Waals surface area contributed by atoms with Crippen molar-refractivity contribution >= 4 is 11.7 Å². The van der Waals surface area contributed by atoms with Crippen molar-refractivity contribution in [1.82, 2.24) is 4.90 Å². The molecule has 36 heavy (non-hydrogen) atoms. The molecular weight excluding hydrogens is 452 g/mol. The lowest BCUT2D eigenvalue weighted by molar-refractivity contribution is 0.0549. The first-order valence-corrected chi connectivity index (χ1v) is 12.4. The van der Waals surface area contributed by atoms with Crippen LogP contribution in [-0.2, 0) is 11.3 Å². The zero-order valence-corrected chi connectivity index (χ0v) is 21.0. The first-order valence-electron chi connectivity index (χ1n) is 12.4. The van der Waals surface area contributed by atoms with E-state index in [1.807, 2.05) is 56.3 Å². The monoisotopic (exact) mass is 486 g/mol. The van der Waals surface area contributed by atoms with E-state index in [1.54, 1.807) is 18.2 Å². The number of piperazine rings is 1. The molecule has 0 unspecified atom stereocenters. The van der Waals surface area contributed by atoms with Crippen molar-refractivity contribution in [2.24, 2.45) is 0 Å². The highest BCUT2D eigenvalue weighted by molar-refractivity contribution is 5.89. The van der Waals surface area contributed by atoms with Crippen LogP contribution in [0, 0.1) is 0 Å². The average molecular weight is 487 g/mol. The van der Waals surface area contributed by atoms with Crippen molar-refractivity contribution in [2.75, 3.05) is 37.7 Å². The molecule has 1 fully saturated rings. The molecule has 6 heteroatoms. The van der Waals surface area contributed by atoms with Gasteiger partial charge in [-0.1, -0.05) is 24.8 Å². The van der Waals surface area contributed by atoms with E-state index in [4.69, 9.17) is 9.47 Å². The Kier molecular flexibility index (Phi) is 8.28. The summed E-state index contributed by atoms with van der Waals surface area (Å²) >= 11 is 0. The van der Waals surface area contributed by atoms with E-state index in [0.29, 0.717) is 5.56 Å². The SMILES string of the molecule is C=CCOC(=O)c1ccc(N2CCN(Cc3cc(OC(C)C)cc(-c4cccc(O)c4)c3)CC2)cc1. The third-order valence-electron chi connectivity index (χ3n) is 6.10. The fourth-order valence-corrected chi connectivity index (χ4v) is 4.39. The normalized spacial score (nSPS) is 14.0. The summed E-state index contributed by atoms with van der Waals surface area (Å²) < 4.78 is 11.1. The Balaban J connectivity index is 1.41. The lowest BCUT2D eigenvalue weighted by atomic mass is 10.0. The second-order valence-corrected chi connectivity index (χ2v) is 9.28. The molecule has 188 valence electrons. The Morgan fingerprint density at radius 3 is 2.42 bits per heavy atom. The van der Waals surface area contributed by atoms with Crippen LogP contribution in [-0.4, -0.2) is 54.9 Å². The van der Waals surface area contributed by atoms with E-state index in [0.717, 1.165) is 55.3 Å². The highest BCUT2D eigenvalue weighted by atomic mass is 16.5. The number of hydrogen-bond acceptors (Lipinski definition) is 6. The third kappa shape index (κ3) is 6.67. The van der Waals surface area contributed by atoms with Crippen molar-refractivity contribution in [3.63, 3.8) is 0 Å². The van der Waals surface area contributed by atoms with Crippen LogP contribution in [0.5, 0.6) is 11.5 Å². The van der Waals surface area contributed by atoms with Gasteiger partial charge in [0.2, 0.25) is 0 Å². The number of anilines is 1. The summed E-state index contributed by atoms with van der Waals surface area (Å²) in [4.78, 5) is 16.8. The van der Waals surface area contributed by atoms with Gasteiger partial charge in [-0.15, -0.1) is 0 Å². The second kappa shape index (κ2) is 11.8. The first-order chi connectivity index (χ1) is 17.4. The standard InChI is InChI=1S/C30H34N2O4/c1-4-16-35-30(34)24-8-10-27(11-9-24)32-14-12-31(13-15-32)21-23-17-26(20-29(18-23)36-22(2)3)25-6-5-7-28(33)19-25/h4-11,17-20,22,33H,1,12-16,21H2,2-3H3. The molecule has 3 aromatic carbocycles. The van der Waals surface area contributed by atoms with Gasteiger partial charge >= 0.3 is 5.97 Å². The Morgan fingerprint density at radius 2 is 1.75 bits per heavy atom. The number of carbonyl (C=O) groups is 1. The zero-order valence-electron chi connectivity index (χ0n) is 21.0. The molecule has 0 saturated carbocycles. The van der Waals surface area contributed by atoms with Crippen molar-refractivity contribution in [2.45, 2.75) is 26.5 Å². The van der Waals surface area contributed by atoms with E-state index < -0.39 is 0 Å². The lowest BCUT2D eigenvalue weighted by Crippen LogP contribution is -2.46. The van der Waals surface area contributed by atoms with Crippen molar-refractivity contribution in [3.8, 4) is 22.6 Å². The van der Waals surface area contributed by atoms with Gasteiger partial charge in [0.1, 0.15) is 18.1 Å². The van der Waals surface area contributed by atoms with E-state index in [2.05, 4.69) is 28.5 Å². The van der Waals surface area contributed by atoms with Crippen LogP contribution in [0.4, 0.5) is 5.69 Å². The molecule has 3 aromatic rings. The Hall–Kier alpha value is -3.77. The first kappa shape index (κ1) is 25.3. The molecule has 0 bridgehead atoms. The summed E-state index contributed by atoms with van der Waals surface area (Å²) in [6, 6.07) is 21.2. The number of carbonyl (C=O) groups excluding carboxylic acids is 1. The number of nitrogens with zero attached hydrogens (tertiary/aromatic N) is 2. The van der Waals surface area contributed by atoms with Crippen LogP contribution in [0.25, 0.3) is 11.1 Å². The number of aromatic hydroxyl groups is 1. The second-order valence-electron chi connectivity index (χ2n) is 9.28. The predicted octanol–water partition coefficient (Wildman–Crippen LogP) is 5.51. The van der Waals surface area contributed by atoms with Gasteiger partial charge in [0.25, 0.3) is 0 Å². The molecule has 1 aliphatic heterocycles. The number of hydrogen-bond donors (Lipinski definition) is 1. The molecule has 0 aromatic heterocycles. The molecule has 6 nitrogen and oxygen atoms in total. The Bertz CT molecular complexity index is 1180. The smallest absolute Gasteiger partial charge is 0.338 e. The van der Waals surface area contributed by atoms with Crippen LogP contribution in [0.1, 0.15) is 29.8 Å². The topological polar surface area (TPSA) is 62.2 Å². The molecule has 0 aliphatic carbocycles. The van der Waals surface area contributed by atoms with Crippen LogP contribution < -0.4 is 9.64 Å². The molecule has 1 aliphatic rings. The summed E-state index contributed by atoms with van der Waals surface area (Å²) in [5.74, 6) is 0.758. The Morgan fingerprint density at radius 1 is 1.00 bits per heavy atom. The van der Waals surface area contributed by atoms with Gasteiger partial charge in [-0.3, -0.25) is 4.90 Å². The fraction of sp³-hybridized carbons (Fsp3) is 0.300. The Labute approximate surface area is 213 Å². The number of esters is 1. The van der Waals surface area contributed by atoms with E-state index in [-0.39, 0.29) is 24.4 Å². The zero-order chi connectivity index (χ0) is 25.5. The third-order valence-corrected chi connectivity index (χ3v) is 6.10. The highest BCUT2D eigenvalue weighted by Crippen LogP contribution is 2.30. The average Bonchev–Trinajstić information content (AvgIpc) is 2.87. The van der Waals surface area contributed by atoms with E-state index in [9.17, 15) is 9.90 Å². The summed E-state index contributed by atoms with van der Waals surface area (Å²) in [6.07, 6.45) is 1.64. The summed E-state index contributed by atoms with van der Waals surface area (Å²) in [5, 5.41) is 9.94. The summed E-state index contributed by atoms with van der Waals surface area (Å²) in [7, 11) is 0. The van der Waals surface area contributed by atoms with Gasteiger partial charge in [-0.25, -0.2) is 4.79 Å². The van der Waals surface area contributed by atoms with Crippen molar-refractivity contribution in [1.29, 1.82) is 0 Å². The molecule has 0 radical (unpaired) electrons. The summed E-state index contributed by atoms with van der Waals surface area (Å²) in [5.41, 5.74) is 4.83. The number of rotatable bonds is 9. The van der Waals surface area contributed by atoms with Gasteiger partial charge in [-0.05, 0) is 85.1 Å². The fourth-order valence-electron chi connectivity index (χ4n) is 4.39. The maximum Gasteiger partial charge on any atom is 0.338 e. The molecule has 0 atom stereocenters. The van der Waals surface area contributed by atoms with Gasteiger partial charge in [0.15, 0.2) is 0 Å². The molecule has 0 spiro atoms. The van der Waals surface area contributed by atoms with Crippen molar-refractivity contribution < 1.29 is 19.4 Å². The molecule has 1 saturated heterocycles. The summed E-state index contributed by atoms with van der Waals surface area (Å²) in [6.45, 7) is 12.3. The quantitative estimate of drug-likeness (QED) is 0.318. The van der Waals surface area contributed by atoms with E-state index >= 15 is 0 Å². The minimum absolute atomic E-state index is 0.0797.